The zero-order chi connectivity index (χ0) is 13.1. The molecule has 0 spiro atoms. The molecule has 0 amide bonds. The van der Waals surface area contributed by atoms with Crippen LogP contribution in [0, 0.1) is 0 Å². The van der Waals surface area contributed by atoms with Crippen LogP contribution in [-0.4, -0.2) is 10.1 Å². The molecular weight excluding hydrogens is 254 g/mol. The molecule has 0 bridgehead atoms. The molecule has 1 fully saturated rings. The van der Waals surface area contributed by atoms with Gasteiger partial charge in [0.2, 0.25) is 0 Å². The fraction of sp³-hybridized carbons (Fsp3) is 0.438. The lowest BCUT2D eigenvalue weighted by molar-refractivity contribution is 0.177. The second-order valence-corrected chi connectivity index (χ2v) is 6.18. The maximum Gasteiger partial charge on any atom is 0.0959 e. The topological polar surface area (TPSA) is 33.1 Å². The number of benzene rings is 1. The Bertz CT molecular complexity index is 517. The summed E-state index contributed by atoms with van der Waals surface area (Å²) in [4.78, 5) is 4.72. The van der Waals surface area contributed by atoms with E-state index in [9.17, 15) is 5.11 Å². The van der Waals surface area contributed by atoms with Crippen molar-refractivity contribution in [2.24, 2.45) is 0 Å². The number of aliphatic hydroxyl groups is 1. The van der Waals surface area contributed by atoms with E-state index < -0.39 is 6.10 Å². The van der Waals surface area contributed by atoms with Crippen LogP contribution in [-0.2, 0) is 6.42 Å². The maximum absolute atomic E-state index is 10.2. The minimum atomic E-state index is -0.445. The van der Waals surface area contributed by atoms with Gasteiger partial charge in [-0.2, -0.15) is 0 Å². The van der Waals surface area contributed by atoms with E-state index in [0.717, 1.165) is 11.3 Å². The molecule has 1 unspecified atom stereocenters. The monoisotopic (exact) mass is 273 g/mol. The van der Waals surface area contributed by atoms with Gasteiger partial charge in [0.15, 0.2) is 0 Å². The van der Waals surface area contributed by atoms with Crippen LogP contribution in [0.5, 0.6) is 0 Å². The third kappa shape index (κ3) is 3.04. The van der Waals surface area contributed by atoms with Crippen LogP contribution in [0.4, 0.5) is 0 Å². The van der Waals surface area contributed by atoms with Crippen molar-refractivity contribution < 1.29 is 5.11 Å². The summed E-state index contributed by atoms with van der Waals surface area (Å²) >= 11 is 1.76. The first kappa shape index (κ1) is 12.8. The number of thiazole rings is 1. The Morgan fingerprint density at radius 3 is 2.68 bits per heavy atom. The second kappa shape index (κ2) is 5.85. The molecule has 0 aliphatic heterocycles. The predicted molar refractivity (Wildman–Crippen MR) is 78.4 cm³/mol. The number of nitrogens with zero attached hydrogens (tertiary/aromatic N) is 1. The first-order chi connectivity index (χ1) is 9.33. The predicted octanol–water partition coefficient (Wildman–Crippen LogP) is 4.08. The van der Waals surface area contributed by atoms with Crippen LogP contribution in [0.25, 0.3) is 0 Å². The Morgan fingerprint density at radius 1 is 1.21 bits per heavy atom. The van der Waals surface area contributed by atoms with Crippen molar-refractivity contribution in [1.82, 2.24) is 4.98 Å². The van der Waals surface area contributed by atoms with Crippen LogP contribution in [0.1, 0.15) is 54.0 Å². The summed E-state index contributed by atoms with van der Waals surface area (Å²) in [7, 11) is 0. The molecule has 1 N–H and O–H groups in total. The molecule has 1 saturated carbocycles. The van der Waals surface area contributed by atoms with Gasteiger partial charge in [-0.25, -0.2) is 4.98 Å². The number of hydrogen-bond acceptors (Lipinski definition) is 3. The SMILES string of the molecule is OC(Cc1csc(C2CCCC2)n1)c1ccccc1. The van der Waals surface area contributed by atoms with Crippen molar-refractivity contribution in [3.8, 4) is 0 Å². The minimum Gasteiger partial charge on any atom is -0.388 e. The zero-order valence-corrected chi connectivity index (χ0v) is 11.8. The first-order valence-electron chi connectivity index (χ1n) is 7.00. The highest BCUT2D eigenvalue weighted by molar-refractivity contribution is 7.09. The van der Waals surface area contributed by atoms with Crippen LogP contribution < -0.4 is 0 Å². The molecule has 19 heavy (non-hydrogen) atoms. The molecule has 0 radical (unpaired) electrons. The number of aliphatic hydroxyl groups excluding tert-OH is 1. The number of rotatable bonds is 4. The molecule has 2 aromatic rings. The summed E-state index contributed by atoms with van der Waals surface area (Å²) in [6.07, 6.45) is 5.42. The molecule has 3 rings (SSSR count). The fourth-order valence-electron chi connectivity index (χ4n) is 2.77. The molecule has 0 saturated heterocycles. The molecule has 3 heteroatoms. The third-order valence-electron chi connectivity index (χ3n) is 3.86. The van der Waals surface area contributed by atoms with Crippen LogP contribution in [0.2, 0.25) is 0 Å². The Morgan fingerprint density at radius 2 is 1.95 bits per heavy atom. The Balaban J connectivity index is 1.66. The zero-order valence-electron chi connectivity index (χ0n) is 11.0. The smallest absolute Gasteiger partial charge is 0.0959 e. The van der Waals surface area contributed by atoms with Crippen molar-refractivity contribution >= 4 is 11.3 Å². The average Bonchev–Trinajstić information content (AvgIpc) is 3.10. The highest BCUT2D eigenvalue weighted by Gasteiger charge is 2.20. The molecule has 100 valence electrons. The van der Waals surface area contributed by atoms with Gasteiger partial charge < -0.3 is 5.11 Å². The quantitative estimate of drug-likeness (QED) is 0.910. The highest BCUT2D eigenvalue weighted by Crippen LogP contribution is 2.36. The molecular formula is C16H19NOS. The van der Waals surface area contributed by atoms with Gasteiger partial charge in [-0.3, -0.25) is 0 Å². The molecule has 1 aromatic carbocycles. The number of aromatic nitrogens is 1. The summed E-state index contributed by atoms with van der Waals surface area (Å²) in [6.45, 7) is 0. The molecule has 1 aliphatic carbocycles. The Labute approximate surface area is 118 Å². The number of hydrogen-bond donors (Lipinski definition) is 1. The summed E-state index contributed by atoms with van der Waals surface area (Å²) in [5.41, 5.74) is 2.00. The minimum absolute atomic E-state index is 0.445. The third-order valence-corrected chi connectivity index (χ3v) is 4.92. The van der Waals surface area contributed by atoms with E-state index >= 15 is 0 Å². The lowest BCUT2D eigenvalue weighted by atomic mass is 10.1. The van der Waals surface area contributed by atoms with Gasteiger partial charge in [-0.15, -0.1) is 11.3 Å². The van der Waals surface area contributed by atoms with E-state index in [0.29, 0.717) is 12.3 Å². The summed E-state index contributed by atoms with van der Waals surface area (Å²) in [5.74, 6) is 0.674. The lowest BCUT2D eigenvalue weighted by Gasteiger charge is -2.09. The van der Waals surface area contributed by atoms with Crippen molar-refractivity contribution in [3.63, 3.8) is 0 Å². The van der Waals surface area contributed by atoms with Crippen molar-refractivity contribution in [3.05, 3.63) is 52.0 Å². The van der Waals surface area contributed by atoms with Crippen molar-refractivity contribution in [1.29, 1.82) is 0 Å². The largest absolute Gasteiger partial charge is 0.388 e. The van der Waals surface area contributed by atoms with Gasteiger partial charge in [-0.05, 0) is 18.4 Å². The van der Waals surface area contributed by atoms with Crippen molar-refractivity contribution in [2.45, 2.75) is 44.1 Å². The van der Waals surface area contributed by atoms with E-state index in [2.05, 4.69) is 5.38 Å². The highest BCUT2D eigenvalue weighted by atomic mass is 32.1. The van der Waals surface area contributed by atoms with Gasteiger partial charge in [0.1, 0.15) is 0 Å². The molecule has 1 atom stereocenters. The molecule has 1 heterocycles. The van der Waals surface area contributed by atoms with Crippen LogP contribution >= 0.6 is 11.3 Å². The summed E-state index contributed by atoms with van der Waals surface area (Å²) in [6, 6.07) is 9.83. The molecule has 1 aliphatic rings. The van der Waals surface area contributed by atoms with E-state index in [1.165, 1.54) is 30.7 Å². The molecule has 2 nitrogen and oxygen atoms in total. The first-order valence-corrected chi connectivity index (χ1v) is 7.88. The fourth-order valence-corrected chi connectivity index (χ4v) is 3.77. The standard InChI is InChI=1S/C16H19NOS/c18-15(12-6-2-1-3-7-12)10-14-11-19-16(17-14)13-8-4-5-9-13/h1-3,6-7,11,13,15,18H,4-5,8-10H2. The van der Waals surface area contributed by atoms with Gasteiger partial charge in [-0.1, -0.05) is 43.2 Å². The Kier molecular flexibility index (Phi) is 3.95. The normalized spacial score (nSPS) is 17.7. The lowest BCUT2D eigenvalue weighted by Crippen LogP contribution is -2.02. The maximum atomic E-state index is 10.2. The van der Waals surface area contributed by atoms with E-state index in [1.54, 1.807) is 11.3 Å². The van der Waals surface area contributed by atoms with Crippen molar-refractivity contribution in [2.75, 3.05) is 0 Å². The van der Waals surface area contributed by atoms with Gasteiger partial charge in [0, 0.05) is 17.7 Å². The summed E-state index contributed by atoms with van der Waals surface area (Å²) in [5, 5.41) is 13.6. The van der Waals surface area contributed by atoms with E-state index in [-0.39, 0.29) is 0 Å². The van der Waals surface area contributed by atoms with Crippen LogP contribution in [0.15, 0.2) is 35.7 Å². The van der Waals surface area contributed by atoms with E-state index in [4.69, 9.17) is 4.98 Å². The summed E-state index contributed by atoms with van der Waals surface area (Å²) < 4.78 is 0. The molecule has 1 aromatic heterocycles. The van der Waals surface area contributed by atoms with Gasteiger partial charge in [0.05, 0.1) is 16.8 Å². The van der Waals surface area contributed by atoms with Crippen LogP contribution in [0.3, 0.4) is 0 Å². The second-order valence-electron chi connectivity index (χ2n) is 5.29. The van der Waals surface area contributed by atoms with Gasteiger partial charge in [0.25, 0.3) is 0 Å². The van der Waals surface area contributed by atoms with E-state index in [1.807, 2.05) is 30.3 Å². The average molecular weight is 273 g/mol. The Hall–Kier alpha value is -1.19. The van der Waals surface area contributed by atoms with Gasteiger partial charge >= 0.3 is 0 Å².